The van der Waals surface area contributed by atoms with E-state index in [2.05, 4.69) is 0 Å². The Bertz CT molecular complexity index is 868. The van der Waals surface area contributed by atoms with Crippen LogP contribution in [0.5, 0.6) is 0 Å². The number of nitrogens with zero attached hydrogens (tertiary/aromatic N) is 2. The number of amides is 1. The molecule has 0 aliphatic heterocycles. The van der Waals surface area contributed by atoms with Gasteiger partial charge < -0.3 is 4.90 Å². The van der Waals surface area contributed by atoms with Crippen molar-refractivity contribution in [1.82, 2.24) is 0 Å². The van der Waals surface area contributed by atoms with Crippen LogP contribution >= 0.6 is 11.6 Å². The van der Waals surface area contributed by atoms with Crippen molar-refractivity contribution in [1.29, 1.82) is 0 Å². The fourth-order valence-corrected chi connectivity index (χ4v) is 3.69. The lowest BCUT2D eigenvalue weighted by molar-refractivity contribution is -0.117. The summed E-state index contributed by atoms with van der Waals surface area (Å²) in [4.78, 5) is 14.4. The average Bonchev–Trinajstić information content (AvgIpc) is 2.53. The van der Waals surface area contributed by atoms with Crippen LogP contribution in [0.25, 0.3) is 0 Å². The van der Waals surface area contributed by atoms with Crippen LogP contribution in [0.2, 0.25) is 5.02 Å². The molecule has 0 fully saturated rings. The van der Waals surface area contributed by atoms with E-state index >= 15 is 0 Å². The Hall–Kier alpha value is -2.05. The molecule has 0 aliphatic rings. The van der Waals surface area contributed by atoms with Crippen LogP contribution < -0.4 is 9.21 Å². The Morgan fingerprint density at radius 1 is 1.12 bits per heavy atom. The molecule has 2 aromatic rings. The van der Waals surface area contributed by atoms with Gasteiger partial charge in [0, 0.05) is 12.2 Å². The highest BCUT2D eigenvalue weighted by atomic mass is 35.5. The van der Waals surface area contributed by atoms with Gasteiger partial charge in [0.2, 0.25) is 15.9 Å². The van der Waals surface area contributed by atoms with E-state index in [9.17, 15) is 13.2 Å². The summed E-state index contributed by atoms with van der Waals surface area (Å²) in [6, 6.07) is 14.1. The molecule has 5 nitrogen and oxygen atoms in total. The highest BCUT2D eigenvalue weighted by molar-refractivity contribution is 7.92. The number of hydrogen-bond donors (Lipinski definition) is 0. The van der Waals surface area contributed by atoms with E-state index in [1.165, 1.54) is 0 Å². The minimum atomic E-state index is -3.67. The second-order valence-electron chi connectivity index (χ2n) is 5.70. The van der Waals surface area contributed by atoms with Crippen LogP contribution in [-0.4, -0.2) is 33.7 Å². The van der Waals surface area contributed by atoms with Gasteiger partial charge in [0.05, 0.1) is 17.0 Å². The topological polar surface area (TPSA) is 57.7 Å². The molecule has 0 radical (unpaired) electrons. The number of aryl methyl sites for hydroxylation is 1. The van der Waals surface area contributed by atoms with E-state index in [1.807, 2.05) is 38.1 Å². The number of likely N-dealkylation sites (N-methyl/N-ethyl adjacent to an activating group) is 1. The van der Waals surface area contributed by atoms with Gasteiger partial charge in [-0.25, -0.2) is 8.42 Å². The number of carbonyl (C=O) groups excluding carboxylic acids is 1. The molecule has 2 aromatic carbocycles. The summed E-state index contributed by atoms with van der Waals surface area (Å²) in [6.07, 6.45) is 1.06. The molecule has 0 atom stereocenters. The maximum absolute atomic E-state index is 12.8. The highest BCUT2D eigenvalue weighted by Gasteiger charge is 2.25. The number of rotatable bonds is 6. The number of carbonyl (C=O) groups is 1. The van der Waals surface area contributed by atoms with E-state index in [0.717, 1.165) is 21.8 Å². The zero-order valence-corrected chi connectivity index (χ0v) is 16.0. The maximum atomic E-state index is 12.8. The maximum Gasteiger partial charge on any atom is 0.247 e. The number of hydrogen-bond acceptors (Lipinski definition) is 3. The third-order valence-corrected chi connectivity index (χ3v) is 5.18. The second kappa shape index (κ2) is 7.89. The van der Waals surface area contributed by atoms with Crippen molar-refractivity contribution in [3.8, 4) is 0 Å². The summed E-state index contributed by atoms with van der Waals surface area (Å²) >= 11 is 6.13. The largest absolute Gasteiger partial charge is 0.311 e. The lowest BCUT2D eigenvalue weighted by atomic mass is 10.2. The Labute approximate surface area is 153 Å². The molecule has 1 amide bonds. The van der Waals surface area contributed by atoms with Crippen molar-refractivity contribution < 1.29 is 13.2 Å². The summed E-state index contributed by atoms with van der Waals surface area (Å²) in [6.45, 7) is 3.90. The van der Waals surface area contributed by atoms with E-state index in [1.54, 1.807) is 29.2 Å². The predicted octanol–water partition coefficient (Wildman–Crippen LogP) is 3.47. The molecule has 0 aromatic heterocycles. The summed E-state index contributed by atoms with van der Waals surface area (Å²) in [7, 11) is -3.67. The van der Waals surface area contributed by atoms with Crippen molar-refractivity contribution in [2.45, 2.75) is 13.8 Å². The molecular weight excluding hydrogens is 360 g/mol. The van der Waals surface area contributed by atoms with Gasteiger partial charge in [0.15, 0.2) is 0 Å². The third-order valence-electron chi connectivity index (χ3n) is 3.73. The van der Waals surface area contributed by atoms with Crippen molar-refractivity contribution in [3.63, 3.8) is 0 Å². The first-order chi connectivity index (χ1) is 11.7. The van der Waals surface area contributed by atoms with Crippen molar-refractivity contribution in [2.24, 2.45) is 0 Å². The normalized spacial score (nSPS) is 11.2. The van der Waals surface area contributed by atoms with E-state index < -0.39 is 10.0 Å². The number of benzene rings is 2. The van der Waals surface area contributed by atoms with Gasteiger partial charge in [-0.2, -0.15) is 0 Å². The van der Waals surface area contributed by atoms with Crippen LogP contribution in [0.15, 0.2) is 48.5 Å². The number of sulfonamides is 1. The summed E-state index contributed by atoms with van der Waals surface area (Å²) in [5.74, 6) is -0.321. The third kappa shape index (κ3) is 4.74. The lowest BCUT2D eigenvalue weighted by Crippen LogP contribution is -2.43. The Morgan fingerprint density at radius 2 is 1.80 bits per heavy atom. The van der Waals surface area contributed by atoms with Gasteiger partial charge >= 0.3 is 0 Å². The Kier molecular flexibility index (Phi) is 6.08. The van der Waals surface area contributed by atoms with Crippen molar-refractivity contribution >= 4 is 38.9 Å². The molecule has 0 bridgehead atoms. The number of halogens is 1. The predicted molar refractivity (Wildman–Crippen MR) is 103 cm³/mol. The average molecular weight is 381 g/mol. The summed E-state index contributed by atoms with van der Waals surface area (Å²) in [5.41, 5.74) is 2.05. The zero-order chi connectivity index (χ0) is 18.6. The van der Waals surface area contributed by atoms with Gasteiger partial charge in [-0.1, -0.05) is 35.9 Å². The van der Waals surface area contributed by atoms with Crippen molar-refractivity contribution in [3.05, 3.63) is 59.1 Å². The molecule has 0 N–H and O–H groups in total. The molecule has 134 valence electrons. The highest BCUT2D eigenvalue weighted by Crippen LogP contribution is 2.27. The summed E-state index contributed by atoms with van der Waals surface area (Å²) in [5, 5.41) is 0.277. The molecule has 25 heavy (non-hydrogen) atoms. The van der Waals surface area contributed by atoms with Gasteiger partial charge in [0.25, 0.3) is 0 Å². The van der Waals surface area contributed by atoms with Crippen LogP contribution in [-0.2, 0) is 14.8 Å². The summed E-state index contributed by atoms with van der Waals surface area (Å²) < 4.78 is 25.5. The van der Waals surface area contributed by atoms with E-state index in [-0.39, 0.29) is 17.5 Å². The molecular formula is C18H21ClN2O3S. The Morgan fingerprint density at radius 3 is 2.36 bits per heavy atom. The molecule has 0 saturated carbocycles. The first kappa shape index (κ1) is 19.3. The minimum Gasteiger partial charge on any atom is -0.311 e. The SMILES string of the molecule is CCN(C(=O)CN(c1ccccc1Cl)S(C)(=O)=O)c1cccc(C)c1. The van der Waals surface area contributed by atoms with E-state index in [4.69, 9.17) is 11.6 Å². The second-order valence-corrected chi connectivity index (χ2v) is 8.01. The molecule has 2 rings (SSSR count). The van der Waals surface area contributed by atoms with Gasteiger partial charge in [0.1, 0.15) is 6.54 Å². The molecule has 0 aliphatic carbocycles. The minimum absolute atomic E-state index is 0.277. The fourth-order valence-electron chi connectivity index (χ4n) is 2.54. The lowest BCUT2D eigenvalue weighted by Gasteiger charge is -2.27. The molecule has 0 spiro atoms. The smallest absolute Gasteiger partial charge is 0.247 e. The standard InChI is InChI=1S/C18H21ClN2O3S/c1-4-20(15-9-7-8-14(2)12-15)18(22)13-21(25(3,23)24)17-11-6-5-10-16(17)19/h5-12H,4,13H2,1-3H3. The first-order valence-corrected chi connectivity index (χ1v) is 10.1. The quantitative estimate of drug-likeness (QED) is 0.771. The van der Waals surface area contributed by atoms with Gasteiger partial charge in [-0.3, -0.25) is 9.10 Å². The van der Waals surface area contributed by atoms with Crippen LogP contribution in [0.1, 0.15) is 12.5 Å². The van der Waals surface area contributed by atoms with Crippen molar-refractivity contribution in [2.75, 3.05) is 28.6 Å². The molecule has 0 unspecified atom stereocenters. The van der Waals surface area contributed by atoms with Gasteiger partial charge in [-0.05, 0) is 43.7 Å². The monoisotopic (exact) mass is 380 g/mol. The molecule has 7 heteroatoms. The number of para-hydroxylation sites is 1. The number of anilines is 2. The molecule has 0 saturated heterocycles. The first-order valence-electron chi connectivity index (χ1n) is 7.83. The Balaban J connectivity index is 2.35. The van der Waals surface area contributed by atoms with Crippen LogP contribution in [0, 0.1) is 6.92 Å². The van der Waals surface area contributed by atoms with E-state index in [0.29, 0.717) is 12.2 Å². The van der Waals surface area contributed by atoms with Gasteiger partial charge in [-0.15, -0.1) is 0 Å². The fraction of sp³-hybridized carbons (Fsp3) is 0.278. The van der Waals surface area contributed by atoms with Crippen LogP contribution in [0.4, 0.5) is 11.4 Å². The van der Waals surface area contributed by atoms with Crippen LogP contribution in [0.3, 0.4) is 0 Å². The molecule has 0 heterocycles. The zero-order valence-electron chi connectivity index (χ0n) is 14.4.